The smallest absolute Gasteiger partial charge is 0.251 e. The molecule has 0 fully saturated rings. The van der Waals surface area contributed by atoms with Gasteiger partial charge in [0.25, 0.3) is 5.91 Å². The Kier molecular flexibility index (Phi) is 5.72. The van der Waals surface area contributed by atoms with Crippen molar-refractivity contribution in [2.45, 2.75) is 31.2 Å². The van der Waals surface area contributed by atoms with E-state index in [1.165, 1.54) is 30.3 Å². The van der Waals surface area contributed by atoms with Crippen molar-refractivity contribution in [1.29, 1.82) is 0 Å². The molecule has 1 N–H and O–H groups in total. The zero-order valence-corrected chi connectivity index (χ0v) is 14.4. The third kappa shape index (κ3) is 4.41. The summed E-state index contributed by atoms with van der Waals surface area (Å²) in [5.41, 5.74) is 0.903. The quantitative estimate of drug-likeness (QED) is 0.872. The molecule has 0 aliphatic heterocycles. The lowest BCUT2D eigenvalue weighted by atomic mass is 10.1. The van der Waals surface area contributed by atoms with Gasteiger partial charge in [0.15, 0.2) is 9.84 Å². The Labute approximate surface area is 141 Å². The third-order valence-electron chi connectivity index (χ3n) is 3.72. The van der Waals surface area contributed by atoms with Crippen molar-refractivity contribution < 1.29 is 17.6 Å². The van der Waals surface area contributed by atoms with Gasteiger partial charge in [0.05, 0.1) is 10.6 Å². The predicted octanol–water partition coefficient (Wildman–Crippen LogP) is 2.98. The molecule has 0 saturated heterocycles. The van der Waals surface area contributed by atoms with Crippen LogP contribution in [0.5, 0.6) is 0 Å². The molecule has 2 aromatic rings. The minimum absolute atomic E-state index is 0.0121. The van der Waals surface area contributed by atoms with E-state index in [-0.39, 0.29) is 28.4 Å². The van der Waals surface area contributed by atoms with Gasteiger partial charge in [0.1, 0.15) is 5.82 Å². The summed E-state index contributed by atoms with van der Waals surface area (Å²) in [7, 11) is -3.28. The van der Waals surface area contributed by atoms with Gasteiger partial charge in [0.2, 0.25) is 0 Å². The zero-order valence-electron chi connectivity index (χ0n) is 13.6. The molecule has 0 bridgehead atoms. The Bertz CT molecular complexity index is 816. The Morgan fingerprint density at radius 2 is 1.75 bits per heavy atom. The van der Waals surface area contributed by atoms with Crippen LogP contribution in [0.15, 0.2) is 53.4 Å². The standard InChI is InChI=1S/C18H20FNO3S/c1-3-24(22,23)16-10-8-14(9-11-16)18(21)20-13(2)12-15-6-4-5-7-17(15)19/h4-11,13H,3,12H2,1-2H3,(H,20,21)/t13-/m1/s1. The van der Waals surface area contributed by atoms with Gasteiger partial charge >= 0.3 is 0 Å². The summed E-state index contributed by atoms with van der Waals surface area (Å²) in [6.45, 7) is 3.36. The van der Waals surface area contributed by atoms with E-state index >= 15 is 0 Å². The van der Waals surface area contributed by atoms with Gasteiger partial charge in [-0.05, 0) is 49.2 Å². The summed E-state index contributed by atoms with van der Waals surface area (Å²) in [5, 5.41) is 2.79. The molecule has 0 heterocycles. The van der Waals surface area contributed by atoms with Crippen LogP contribution in [0.4, 0.5) is 4.39 Å². The number of carbonyl (C=O) groups is 1. The van der Waals surface area contributed by atoms with Crippen LogP contribution >= 0.6 is 0 Å². The van der Waals surface area contributed by atoms with E-state index in [9.17, 15) is 17.6 Å². The van der Waals surface area contributed by atoms with Crippen LogP contribution in [-0.2, 0) is 16.3 Å². The number of carbonyl (C=O) groups excluding carboxylic acids is 1. The second-order valence-electron chi connectivity index (χ2n) is 5.60. The van der Waals surface area contributed by atoms with Crippen molar-refractivity contribution >= 4 is 15.7 Å². The van der Waals surface area contributed by atoms with Crippen LogP contribution in [0.3, 0.4) is 0 Å². The van der Waals surface area contributed by atoms with Gasteiger partial charge < -0.3 is 5.32 Å². The van der Waals surface area contributed by atoms with Gasteiger partial charge in [-0.15, -0.1) is 0 Å². The minimum Gasteiger partial charge on any atom is -0.349 e. The van der Waals surface area contributed by atoms with E-state index in [1.807, 2.05) is 0 Å². The normalized spacial score (nSPS) is 12.6. The lowest BCUT2D eigenvalue weighted by Crippen LogP contribution is -2.34. The average Bonchev–Trinajstić information content (AvgIpc) is 2.57. The lowest BCUT2D eigenvalue weighted by Gasteiger charge is -2.14. The first-order valence-electron chi connectivity index (χ1n) is 7.70. The molecule has 128 valence electrons. The molecule has 0 aliphatic carbocycles. The van der Waals surface area contributed by atoms with Gasteiger partial charge in [-0.3, -0.25) is 4.79 Å². The van der Waals surface area contributed by atoms with E-state index < -0.39 is 9.84 Å². The summed E-state index contributed by atoms with van der Waals surface area (Å²) in [5.74, 6) is -0.606. The number of hydrogen-bond donors (Lipinski definition) is 1. The molecule has 24 heavy (non-hydrogen) atoms. The number of sulfone groups is 1. The lowest BCUT2D eigenvalue weighted by molar-refractivity contribution is 0.0940. The largest absolute Gasteiger partial charge is 0.349 e. The number of nitrogens with one attached hydrogen (secondary N) is 1. The molecule has 0 spiro atoms. The molecule has 4 nitrogen and oxygen atoms in total. The predicted molar refractivity (Wildman–Crippen MR) is 91.2 cm³/mol. The fourth-order valence-corrected chi connectivity index (χ4v) is 3.22. The molecule has 1 amide bonds. The Balaban J connectivity index is 2.03. The van der Waals surface area contributed by atoms with Crippen LogP contribution < -0.4 is 5.32 Å². The highest BCUT2D eigenvalue weighted by Crippen LogP contribution is 2.13. The maximum absolute atomic E-state index is 13.6. The maximum atomic E-state index is 13.6. The highest BCUT2D eigenvalue weighted by atomic mass is 32.2. The van der Waals surface area contributed by atoms with Crippen LogP contribution in [-0.4, -0.2) is 26.1 Å². The molecular weight excluding hydrogens is 329 g/mol. The van der Waals surface area contributed by atoms with Crippen molar-refractivity contribution in [2.75, 3.05) is 5.75 Å². The first kappa shape index (κ1) is 18.1. The van der Waals surface area contributed by atoms with E-state index in [0.29, 0.717) is 17.5 Å². The first-order chi connectivity index (χ1) is 11.3. The zero-order chi connectivity index (χ0) is 17.7. The molecule has 6 heteroatoms. The molecule has 2 aromatic carbocycles. The van der Waals surface area contributed by atoms with Gasteiger partial charge in [-0.1, -0.05) is 25.1 Å². The van der Waals surface area contributed by atoms with E-state index in [4.69, 9.17) is 0 Å². The molecule has 0 aromatic heterocycles. The van der Waals surface area contributed by atoms with Crippen LogP contribution in [0.1, 0.15) is 29.8 Å². The second-order valence-corrected chi connectivity index (χ2v) is 7.88. The monoisotopic (exact) mass is 349 g/mol. The molecule has 0 aliphatic rings. The number of halogens is 1. The minimum atomic E-state index is -3.28. The average molecular weight is 349 g/mol. The summed E-state index contributed by atoms with van der Waals surface area (Å²) < 4.78 is 37.1. The number of hydrogen-bond acceptors (Lipinski definition) is 3. The molecule has 0 unspecified atom stereocenters. The topological polar surface area (TPSA) is 63.2 Å². The molecule has 0 radical (unpaired) electrons. The van der Waals surface area contributed by atoms with Crippen molar-refractivity contribution in [2.24, 2.45) is 0 Å². The Morgan fingerprint density at radius 3 is 2.33 bits per heavy atom. The molecule has 1 atom stereocenters. The highest BCUT2D eigenvalue weighted by Gasteiger charge is 2.15. The molecular formula is C18H20FNO3S. The third-order valence-corrected chi connectivity index (χ3v) is 5.47. The summed E-state index contributed by atoms with van der Waals surface area (Å²) >= 11 is 0. The number of benzene rings is 2. The summed E-state index contributed by atoms with van der Waals surface area (Å²) in [4.78, 5) is 12.4. The number of rotatable bonds is 6. The van der Waals surface area contributed by atoms with Crippen LogP contribution in [0, 0.1) is 5.82 Å². The van der Waals surface area contributed by atoms with E-state index in [2.05, 4.69) is 5.32 Å². The van der Waals surface area contributed by atoms with E-state index in [1.54, 1.807) is 32.0 Å². The van der Waals surface area contributed by atoms with Gasteiger partial charge in [-0.2, -0.15) is 0 Å². The Hall–Kier alpha value is -2.21. The maximum Gasteiger partial charge on any atom is 0.251 e. The number of amides is 1. The second kappa shape index (κ2) is 7.57. The highest BCUT2D eigenvalue weighted by molar-refractivity contribution is 7.91. The van der Waals surface area contributed by atoms with Crippen molar-refractivity contribution in [3.05, 3.63) is 65.5 Å². The van der Waals surface area contributed by atoms with Crippen LogP contribution in [0.2, 0.25) is 0 Å². The van der Waals surface area contributed by atoms with Crippen molar-refractivity contribution in [3.8, 4) is 0 Å². The SMILES string of the molecule is CCS(=O)(=O)c1ccc(C(=O)N[C@H](C)Cc2ccccc2F)cc1. The van der Waals surface area contributed by atoms with Gasteiger partial charge in [-0.25, -0.2) is 12.8 Å². The van der Waals surface area contributed by atoms with Gasteiger partial charge in [0, 0.05) is 11.6 Å². The molecule has 0 saturated carbocycles. The summed E-state index contributed by atoms with van der Waals surface area (Å²) in [6, 6.07) is 12.0. The van der Waals surface area contributed by atoms with Crippen molar-refractivity contribution in [1.82, 2.24) is 5.32 Å². The van der Waals surface area contributed by atoms with Crippen molar-refractivity contribution in [3.63, 3.8) is 0 Å². The fourth-order valence-electron chi connectivity index (χ4n) is 2.33. The summed E-state index contributed by atoms with van der Waals surface area (Å²) in [6.07, 6.45) is 0.376. The Morgan fingerprint density at radius 1 is 1.12 bits per heavy atom. The van der Waals surface area contributed by atoms with E-state index in [0.717, 1.165) is 0 Å². The van der Waals surface area contributed by atoms with Crippen LogP contribution in [0.25, 0.3) is 0 Å². The first-order valence-corrected chi connectivity index (χ1v) is 9.36. The fraction of sp³-hybridized carbons (Fsp3) is 0.278. The molecule has 2 rings (SSSR count).